The molecule has 0 unspecified atom stereocenters. The molecular weight excluding hydrogens is 158 g/mol. The van der Waals surface area contributed by atoms with Crippen LogP contribution in [-0.4, -0.2) is 0 Å². The van der Waals surface area contributed by atoms with E-state index in [9.17, 15) is 0 Å². The van der Waals surface area contributed by atoms with Crippen molar-refractivity contribution in [1.82, 2.24) is 5.32 Å². The lowest BCUT2D eigenvalue weighted by Gasteiger charge is -2.24. The van der Waals surface area contributed by atoms with Crippen LogP contribution in [0.5, 0.6) is 0 Å². The van der Waals surface area contributed by atoms with Gasteiger partial charge in [0.1, 0.15) is 0 Å². The molecule has 0 radical (unpaired) electrons. The minimum absolute atomic E-state index is 0.541. The molecule has 1 nitrogen and oxygen atoms in total. The Labute approximate surface area is 81.2 Å². The highest BCUT2D eigenvalue weighted by molar-refractivity contribution is 5.38. The van der Waals surface area contributed by atoms with Gasteiger partial charge in [-0.05, 0) is 23.5 Å². The van der Waals surface area contributed by atoms with Gasteiger partial charge in [0.05, 0.1) is 0 Å². The topological polar surface area (TPSA) is 12.0 Å². The molecule has 1 rings (SSSR count). The number of hydrogen-bond acceptors (Lipinski definition) is 1. The molecule has 0 aliphatic carbocycles. The van der Waals surface area contributed by atoms with Gasteiger partial charge in [-0.1, -0.05) is 40.3 Å². The normalized spacial score (nSPS) is 17.2. The van der Waals surface area contributed by atoms with Gasteiger partial charge in [0, 0.05) is 11.4 Å². The molecule has 1 heteroatoms. The molecular formula is C12H19N. The summed E-state index contributed by atoms with van der Waals surface area (Å²) in [5, 5.41) is 3.35. The summed E-state index contributed by atoms with van der Waals surface area (Å²) in [6.07, 6.45) is 4.22. The standard InChI is InChI=1S/C12H19N/c1-8(2)11-7-6-10(5)13-12(11)9(3)4/h6-9,13H,5H2,1-4H3. The van der Waals surface area contributed by atoms with E-state index in [2.05, 4.69) is 45.7 Å². The van der Waals surface area contributed by atoms with Crippen LogP contribution in [0.3, 0.4) is 0 Å². The zero-order valence-corrected chi connectivity index (χ0v) is 9.02. The van der Waals surface area contributed by atoms with Crippen LogP contribution in [0.2, 0.25) is 0 Å². The molecule has 0 amide bonds. The van der Waals surface area contributed by atoms with E-state index < -0.39 is 0 Å². The molecule has 1 aliphatic rings. The van der Waals surface area contributed by atoms with Crippen LogP contribution >= 0.6 is 0 Å². The van der Waals surface area contributed by atoms with E-state index >= 15 is 0 Å². The Morgan fingerprint density at radius 3 is 2.15 bits per heavy atom. The Kier molecular flexibility index (Phi) is 2.97. The molecule has 0 saturated carbocycles. The molecule has 0 spiro atoms. The molecule has 0 fully saturated rings. The first-order chi connectivity index (χ1) is 6.02. The van der Waals surface area contributed by atoms with E-state index in [-0.39, 0.29) is 0 Å². The number of dihydropyridines is 1. The first-order valence-electron chi connectivity index (χ1n) is 4.90. The average Bonchev–Trinajstić information content (AvgIpc) is 2.03. The van der Waals surface area contributed by atoms with Gasteiger partial charge in [-0.3, -0.25) is 0 Å². The van der Waals surface area contributed by atoms with E-state index in [1.807, 2.05) is 6.08 Å². The third-order valence-corrected chi connectivity index (χ3v) is 2.27. The zero-order chi connectivity index (χ0) is 10.0. The van der Waals surface area contributed by atoms with Crippen LogP contribution in [0, 0.1) is 11.8 Å². The highest BCUT2D eigenvalue weighted by Crippen LogP contribution is 2.24. The summed E-state index contributed by atoms with van der Waals surface area (Å²) in [6.45, 7) is 12.8. The predicted molar refractivity (Wildman–Crippen MR) is 58.1 cm³/mol. The van der Waals surface area contributed by atoms with Gasteiger partial charge in [-0.15, -0.1) is 0 Å². The summed E-state index contributed by atoms with van der Waals surface area (Å²) in [6, 6.07) is 0. The van der Waals surface area contributed by atoms with E-state index in [0.717, 1.165) is 5.70 Å². The number of hydrogen-bond donors (Lipinski definition) is 1. The van der Waals surface area contributed by atoms with Crippen molar-refractivity contribution >= 4 is 0 Å². The molecule has 1 heterocycles. The summed E-state index contributed by atoms with van der Waals surface area (Å²) in [5.41, 5.74) is 3.72. The summed E-state index contributed by atoms with van der Waals surface area (Å²) in [5.74, 6) is 1.12. The Morgan fingerprint density at radius 2 is 1.69 bits per heavy atom. The molecule has 1 N–H and O–H groups in total. The maximum atomic E-state index is 3.91. The van der Waals surface area contributed by atoms with Gasteiger partial charge in [0.25, 0.3) is 0 Å². The molecule has 0 atom stereocenters. The van der Waals surface area contributed by atoms with Crippen molar-refractivity contribution in [3.63, 3.8) is 0 Å². The Bertz CT molecular complexity index is 267. The second kappa shape index (κ2) is 3.82. The molecule has 0 bridgehead atoms. The van der Waals surface area contributed by atoms with Gasteiger partial charge < -0.3 is 5.32 Å². The number of allylic oxidation sites excluding steroid dienone is 4. The fourth-order valence-corrected chi connectivity index (χ4v) is 1.55. The maximum Gasteiger partial charge on any atom is 0.0309 e. The van der Waals surface area contributed by atoms with Crippen LogP contribution in [0.4, 0.5) is 0 Å². The van der Waals surface area contributed by atoms with Gasteiger partial charge in [0.2, 0.25) is 0 Å². The third-order valence-electron chi connectivity index (χ3n) is 2.27. The minimum Gasteiger partial charge on any atom is -0.359 e. The molecule has 13 heavy (non-hydrogen) atoms. The monoisotopic (exact) mass is 177 g/mol. The molecule has 0 aromatic heterocycles. The second-order valence-corrected chi connectivity index (χ2v) is 4.16. The largest absolute Gasteiger partial charge is 0.359 e. The lowest BCUT2D eigenvalue weighted by molar-refractivity contribution is 0.652. The molecule has 0 aromatic rings. The van der Waals surface area contributed by atoms with Crippen molar-refractivity contribution in [3.05, 3.63) is 35.7 Å². The molecule has 1 aliphatic heterocycles. The van der Waals surface area contributed by atoms with Gasteiger partial charge in [0.15, 0.2) is 0 Å². The first-order valence-corrected chi connectivity index (χ1v) is 4.90. The Morgan fingerprint density at radius 1 is 1.08 bits per heavy atom. The highest BCUT2D eigenvalue weighted by atomic mass is 14.9. The highest BCUT2D eigenvalue weighted by Gasteiger charge is 2.14. The third kappa shape index (κ3) is 2.24. The van der Waals surface area contributed by atoms with Crippen LogP contribution in [0.25, 0.3) is 0 Å². The van der Waals surface area contributed by atoms with Crippen LogP contribution in [0.1, 0.15) is 27.7 Å². The van der Waals surface area contributed by atoms with Gasteiger partial charge in [-0.2, -0.15) is 0 Å². The minimum atomic E-state index is 0.541. The smallest absolute Gasteiger partial charge is 0.0309 e. The number of nitrogens with one attached hydrogen (secondary N) is 1. The Balaban J connectivity index is 3.02. The van der Waals surface area contributed by atoms with E-state index in [0.29, 0.717) is 11.8 Å². The quantitative estimate of drug-likeness (QED) is 0.683. The van der Waals surface area contributed by atoms with Gasteiger partial charge >= 0.3 is 0 Å². The molecule has 0 saturated heterocycles. The van der Waals surface area contributed by atoms with Crippen LogP contribution in [0.15, 0.2) is 35.7 Å². The van der Waals surface area contributed by atoms with E-state index in [1.54, 1.807) is 0 Å². The number of rotatable bonds is 2. The lowest BCUT2D eigenvalue weighted by atomic mass is 9.93. The van der Waals surface area contributed by atoms with Crippen LogP contribution in [-0.2, 0) is 0 Å². The summed E-state index contributed by atoms with van der Waals surface area (Å²) < 4.78 is 0. The van der Waals surface area contributed by atoms with Gasteiger partial charge in [-0.25, -0.2) is 0 Å². The fourth-order valence-electron chi connectivity index (χ4n) is 1.55. The fraction of sp³-hybridized carbons (Fsp3) is 0.500. The summed E-state index contributed by atoms with van der Waals surface area (Å²) in [7, 11) is 0. The predicted octanol–water partition coefficient (Wildman–Crippen LogP) is 3.23. The molecule has 72 valence electrons. The van der Waals surface area contributed by atoms with Crippen LogP contribution < -0.4 is 5.32 Å². The average molecular weight is 177 g/mol. The van der Waals surface area contributed by atoms with E-state index in [1.165, 1.54) is 11.3 Å². The van der Waals surface area contributed by atoms with Crippen molar-refractivity contribution in [1.29, 1.82) is 0 Å². The lowest BCUT2D eigenvalue weighted by Crippen LogP contribution is -2.21. The van der Waals surface area contributed by atoms with Crippen molar-refractivity contribution in [2.75, 3.05) is 0 Å². The van der Waals surface area contributed by atoms with E-state index in [4.69, 9.17) is 0 Å². The van der Waals surface area contributed by atoms with Crippen molar-refractivity contribution < 1.29 is 0 Å². The summed E-state index contributed by atoms with van der Waals surface area (Å²) in [4.78, 5) is 0. The maximum absolute atomic E-state index is 3.91. The SMILES string of the molecule is C=C1C=CC(C(C)C)=C(C(C)C)N1. The Hall–Kier alpha value is -0.980. The van der Waals surface area contributed by atoms with Crippen molar-refractivity contribution in [2.24, 2.45) is 11.8 Å². The van der Waals surface area contributed by atoms with Crippen molar-refractivity contribution in [2.45, 2.75) is 27.7 Å². The first kappa shape index (κ1) is 10.1. The molecule has 0 aromatic carbocycles. The van der Waals surface area contributed by atoms with Crippen molar-refractivity contribution in [3.8, 4) is 0 Å². The second-order valence-electron chi connectivity index (χ2n) is 4.16. The zero-order valence-electron chi connectivity index (χ0n) is 9.02. The summed E-state index contributed by atoms with van der Waals surface area (Å²) >= 11 is 0.